The van der Waals surface area contributed by atoms with Crippen LogP contribution in [0.1, 0.15) is 5.56 Å². The lowest BCUT2D eigenvalue weighted by Gasteiger charge is -2.02. The van der Waals surface area contributed by atoms with Crippen molar-refractivity contribution < 1.29 is 0 Å². The monoisotopic (exact) mass is 252 g/mol. The molecule has 0 unspecified atom stereocenters. The molecule has 3 nitrogen and oxygen atoms in total. The van der Waals surface area contributed by atoms with Gasteiger partial charge < -0.3 is 4.98 Å². The van der Waals surface area contributed by atoms with Gasteiger partial charge in [0, 0.05) is 23.0 Å². The summed E-state index contributed by atoms with van der Waals surface area (Å²) in [5.74, 6) is 0.687. The van der Waals surface area contributed by atoms with Crippen LogP contribution in [0.15, 0.2) is 46.5 Å². The summed E-state index contributed by atoms with van der Waals surface area (Å²) in [7, 11) is 0. The van der Waals surface area contributed by atoms with Crippen molar-refractivity contribution in [2.45, 2.75) is 10.9 Å². The molecule has 0 spiro atoms. The molecule has 0 radical (unpaired) electrons. The van der Waals surface area contributed by atoms with Crippen molar-refractivity contribution in [1.82, 2.24) is 9.97 Å². The first kappa shape index (κ1) is 11.2. The topological polar surface area (TPSA) is 45.8 Å². The highest BCUT2D eigenvalue weighted by Gasteiger charge is 2.01. The van der Waals surface area contributed by atoms with Crippen LogP contribution in [0.25, 0.3) is 0 Å². The summed E-state index contributed by atoms with van der Waals surface area (Å²) in [4.78, 5) is 17.7. The molecule has 1 N–H and O–H groups in total. The van der Waals surface area contributed by atoms with E-state index in [9.17, 15) is 4.79 Å². The Labute approximate surface area is 102 Å². The van der Waals surface area contributed by atoms with Gasteiger partial charge in [-0.1, -0.05) is 41.6 Å². The second-order valence-electron chi connectivity index (χ2n) is 3.12. The maximum Gasteiger partial charge on any atom is 0.251 e. The number of hydrogen-bond acceptors (Lipinski definition) is 3. The third kappa shape index (κ3) is 2.87. The van der Waals surface area contributed by atoms with Crippen LogP contribution >= 0.6 is 23.4 Å². The zero-order valence-corrected chi connectivity index (χ0v) is 9.89. The van der Waals surface area contributed by atoms with E-state index in [1.807, 2.05) is 24.3 Å². The summed E-state index contributed by atoms with van der Waals surface area (Å²) in [6.07, 6.45) is 1.49. The van der Waals surface area contributed by atoms with Gasteiger partial charge in [0.25, 0.3) is 5.56 Å². The molecule has 5 heteroatoms. The van der Waals surface area contributed by atoms with Crippen LogP contribution < -0.4 is 5.56 Å². The molecule has 0 atom stereocenters. The normalized spacial score (nSPS) is 10.3. The summed E-state index contributed by atoms with van der Waals surface area (Å²) >= 11 is 7.47. The van der Waals surface area contributed by atoms with Gasteiger partial charge in [0.05, 0.1) is 0 Å². The molecule has 2 aromatic rings. The second kappa shape index (κ2) is 5.18. The summed E-state index contributed by atoms with van der Waals surface area (Å²) in [6.45, 7) is 0. The number of hydrogen-bond donors (Lipinski definition) is 1. The van der Waals surface area contributed by atoms with Crippen molar-refractivity contribution in [2.75, 3.05) is 0 Å². The predicted molar refractivity (Wildman–Crippen MR) is 65.9 cm³/mol. The Morgan fingerprint density at radius 1 is 1.31 bits per heavy atom. The third-order valence-corrected chi connectivity index (χ3v) is 3.28. The molecular weight excluding hydrogens is 244 g/mol. The van der Waals surface area contributed by atoms with E-state index in [0.29, 0.717) is 10.9 Å². The Morgan fingerprint density at radius 2 is 2.12 bits per heavy atom. The van der Waals surface area contributed by atoms with E-state index in [1.165, 1.54) is 24.0 Å². The SMILES string of the molecule is O=c1ccnc(SCc2ccccc2Cl)[nH]1. The van der Waals surface area contributed by atoms with Crippen molar-refractivity contribution in [3.63, 3.8) is 0 Å². The van der Waals surface area contributed by atoms with Crippen LogP contribution in [0.4, 0.5) is 0 Å². The molecule has 0 amide bonds. The lowest BCUT2D eigenvalue weighted by atomic mass is 10.2. The fourth-order valence-corrected chi connectivity index (χ4v) is 2.32. The Balaban J connectivity index is 2.08. The molecule has 1 heterocycles. The van der Waals surface area contributed by atoms with E-state index in [4.69, 9.17) is 11.6 Å². The van der Waals surface area contributed by atoms with Gasteiger partial charge in [-0.15, -0.1) is 0 Å². The van der Waals surface area contributed by atoms with E-state index < -0.39 is 0 Å². The van der Waals surface area contributed by atoms with Crippen LogP contribution in [0, 0.1) is 0 Å². The van der Waals surface area contributed by atoms with Crippen LogP contribution in [0.3, 0.4) is 0 Å². The zero-order valence-electron chi connectivity index (χ0n) is 8.31. The average Bonchev–Trinajstić information content (AvgIpc) is 2.28. The van der Waals surface area contributed by atoms with Crippen molar-refractivity contribution in [2.24, 2.45) is 0 Å². The maximum absolute atomic E-state index is 11.0. The van der Waals surface area contributed by atoms with E-state index in [0.717, 1.165) is 10.6 Å². The molecule has 16 heavy (non-hydrogen) atoms. The number of nitrogens with zero attached hydrogens (tertiary/aromatic N) is 1. The van der Waals surface area contributed by atoms with Crippen molar-refractivity contribution >= 4 is 23.4 Å². The van der Waals surface area contributed by atoms with Crippen molar-refractivity contribution in [1.29, 1.82) is 0 Å². The lowest BCUT2D eigenvalue weighted by molar-refractivity contribution is 0.936. The zero-order chi connectivity index (χ0) is 11.4. The van der Waals surface area contributed by atoms with Gasteiger partial charge in [-0.25, -0.2) is 4.98 Å². The number of H-pyrrole nitrogens is 1. The first-order chi connectivity index (χ1) is 7.75. The van der Waals surface area contributed by atoms with Gasteiger partial charge >= 0.3 is 0 Å². The first-order valence-electron chi connectivity index (χ1n) is 4.67. The predicted octanol–water partition coefficient (Wildman–Crippen LogP) is 2.72. The van der Waals surface area contributed by atoms with Gasteiger partial charge in [0.2, 0.25) is 0 Å². The maximum atomic E-state index is 11.0. The molecule has 0 bridgehead atoms. The molecule has 0 aliphatic heterocycles. The standard InChI is InChI=1S/C11H9ClN2OS/c12-9-4-2-1-3-8(9)7-16-11-13-6-5-10(15)14-11/h1-6H,7H2,(H,13,14,15). The van der Waals surface area contributed by atoms with E-state index in [1.54, 1.807) is 0 Å². The van der Waals surface area contributed by atoms with E-state index in [2.05, 4.69) is 9.97 Å². The summed E-state index contributed by atoms with van der Waals surface area (Å²) in [5.41, 5.74) is 0.886. The third-order valence-electron chi connectivity index (χ3n) is 1.97. The van der Waals surface area contributed by atoms with Gasteiger partial charge in [0.15, 0.2) is 5.16 Å². The highest BCUT2D eigenvalue weighted by atomic mass is 35.5. The molecular formula is C11H9ClN2OS. The number of benzene rings is 1. The Bertz CT molecular complexity index is 541. The van der Waals surface area contributed by atoms with Gasteiger partial charge in [-0.3, -0.25) is 4.79 Å². The summed E-state index contributed by atoms with van der Waals surface area (Å²) < 4.78 is 0. The highest BCUT2D eigenvalue weighted by Crippen LogP contribution is 2.23. The molecule has 1 aromatic heterocycles. The Kier molecular flexibility index (Phi) is 3.64. The van der Waals surface area contributed by atoms with Crippen LogP contribution in [-0.4, -0.2) is 9.97 Å². The number of aromatic amines is 1. The molecule has 0 aliphatic rings. The van der Waals surface area contributed by atoms with Crippen LogP contribution in [0.2, 0.25) is 5.02 Å². The van der Waals surface area contributed by atoms with Crippen LogP contribution in [0.5, 0.6) is 0 Å². The minimum Gasteiger partial charge on any atom is -0.301 e. The van der Waals surface area contributed by atoms with Crippen molar-refractivity contribution in [3.05, 3.63) is 57.5 Å². The van der Waals surface area contributed by atoms with E-state index >= 15 is 0 Å². The number of aromatic nitrogens is 2. The minimum atomic E-state index is -0.142. The second-order valence-corrected chi connectivity index (χ2v) is 4.49. The Hall–Kier alpha value is -1.26. The van der Waals surface area contributed by atoms with Crippen LogP contribution in [-0.2, 0) is 5.75 Å². The van der Waals surface area contributed by atoms with E-state index in [-0.39, 0.29) is 5.56 Å². The minimum absolute atomic E-state index is 0.142. The quantitative estimate of drug-likeness (QED) is 0.675. The fraction of sp³-hybridized carbons (Fsp3) is 0.0909. The smallest absolute Gasteiger partial charge is 0.251 e. The van der Waals surface area contributed by atoms with Gasteiger partial charge in [0.1, 0.15) is 0 Å². The molecule has 0 fully saturated rings. The van der Waals surface area contributed by atoms with Crippen molar-refractivity contribution in [3.8, 4) is 0 Å². The molecule has 0 saturated carbocycles. The molecule has 0 saturated heterocycles. The summed E-state index contributed by atoms with van der Waals surface area (Å²) in [5, 5.41) is 1.33. The number of thioether (sulfide) groups is 1. The van der Waals surface area contributed by atoms with Gasteiger partial charge in [-0.05, 0) is 11.6 Å². The molecule has 0 aliphatic carbocycles. The average molecular weight is 253 g/mol. The van der Waals surface area contributed by atoms with Gasteiger partial charge in [-0.2, -0.15) is 0 Å². The Morgan fingerprint density at radius 3 is 2.88 bits per heavy atom. The number of rotatable bonds is 3. The number of nitrogens with one attached hydrogen (secondary N) is 1. The largest absolute Gasteiger partial charge is 0.301 e. The summed E-state index contributed by atoms with van der Waals surface area (Å²) in [6, 6.07) is 9.01. The first-order valence-corrected chi connectivity index (χ1v) is 6.03. The number of halogens is 1. The molecule has 82 valence electrons. The molecule has 1 aromatic carbocycles. The molecule has 2 rings (SSSR count). The fourth-order valence-electron chi connectivity index (χ4n) is 1.19. The lowest BCUT2D eigenvalue weighted by Crippen LogP contribution is -2.05. The highest BCUT2D eigenvalue weighted by molar-refractivity contribution is 7.98.